The number of fused-ring (bicyclic) bond motifs is 1. The lowest BCUT2D eigenvalue weighted by molar-refractivity contribution is -0.384. The molecule has 0 aliphatic carbocycles. The van der Waals surface area contributed by atoms with Crippen LogP contribution in [0.2, 0.25) is 0 Å². The topological polar surface area (TPSA) is 162 Å². The number of nitro groups is 1. The smallest absolute Gasteiger partial charge is 0.331 e. The molecule has 1 heterocycles. The summed E-state index contributed by atoms with van der Waals surface area (Å²) in [4.78, 5) is 39.9. The number of hydrogen-bond acceptors (Lipinski definition) is 8. The molecule has 0 atom stereocenters. The molecule has 0 saturated carbocycles. The number of allylic oxidation sites excluding steroid dienone is 1. The molecule has 11 nitrogen and oxygen atoms in total. The van der Waals surface area contributed by atoms with Gasteiger partial charge in [-0.2, -0.15) is 5.26 Å². The van der Waals surface area contributed by atoms with Gasteiger partial charge in [-0.25, -0.2) is 9.78 Å². The van der Waals surface area contributed by atoms with Crippen LogP contribution in [0.15, 0.2) is 60.4 Å². The van der Waals surface area contributed by atoms with E-state index in [0.717, 1.165) is 12.5 Å². The molecule has 0 bridgehead atoms. The van der Waals surface area contributed by atoms with Gasteiger partial charge in [0.05, 0.1) is 16.0 Å². The third-order valence-electron chi connectivity index (χ3n) is 4.10. The molecule has 0 unspecified atom stereocenters. The summed E-state index contributed by atoms with van der Waals surface area (Å²) in [5.41, 5.74) is 1.70. The molecule has 2 aromatic carbocycles. The van der Waals surface area contributed by atoms with Gasteiger partial charge >= 0.3 is 5.97 Å². The number of carbonyl (C=O) groups is 2. The van der Waals surface area contributed by atoms with E-state index in [-0.39, 0.29) is 17.1 Å². The first-order chi connectivity index (χ1) is 16.2. The number of aromatic amines is 1. The Morgan fingerprint density at radius 2 is 1.91 bits per heavy atom. The second kappa shape index (κ2) is 12.2. The van der Waals surface area contributed by atoms with Crippen molar-refractivity contribution in [1.29, 1.82) is 5.26 Å². The van der Waals surface area contributed by atoms with Crippen LogP contribution in [0.25, 0.3) is 22.7 Å². The third-order valence-corrected chi connectivity index (χ3v) is 4.10. The van der Waals surface area contributed by atoms with Crippen molar-refractivity contribution in [2.45, 2.75) is 0 Å². The van der Waals surface area contributed by atoms with Gasteiger partial charge in [0.15, 0.2) is 11.6 Å². The quantitative estimate of drug-likeness (QED) is 0.103. The van der Waals surface area contributed by atoms with E-state index in [0.29, 0.717) is 16.6 Å². The number of ether oxygens (including phenoxy) is 1. The molecule has 0 aliphatic heterocycles. The highest BCUT2D eigenvalue weighted by atomic mass is 16.6. The van der Waals surface area contributed by atoms with E-state index in [1.165, 1.54) is 35.2 Å². The zero-order valence-electron chi connectivity index (χ0n) is 18.3. The lowest BCUT2D eigenvalue weighted by Crippen LogP contribution is -2.06. The van der Waals surface area contributed by atoms with Crippen LogP contribution in [0, 0.1) is 21.4 Å². The Balaban J connectivity index is 0.000000739. The molecular weight excluding hydrogens is 442 g/mol. The number of aliphatic hydroxyl groups is 1. The van der Waals surface area contributed by atoms with Crippen molar-refractivity contribution < 1.29 is 24.4 Å². The summed E-state index contributed by atoms with van der Waals surface area (Å²) in [5.74, 6) is -1.02. The number of esters is 1. The molecule has 174 valence electrons. The van der Waals surface area contributed by atoms with Crippen molar-refractivity contribution in [2.24, 2.45) is 0 Å². The molecule has 3 rings (SSSR count). The average Bonchev–Trinajstić information content (AvgIpc) is 3.26. The molecule has 34 heavy (non-hydrogen) atoms. The molecule has 0 saturated heterocycles. The van der Waals surface area contributed by atoms with E-state index in [1.54, 1.807) is 38.4 Å². The van der Waals surface area contributed by atoms with Crippen LogP contribution in [-0.2, 0) is 14.3 Å². The summed E-state index contributed by atoms with van der Waals surface area (Å²) < 4.78 is 4.93. The summed E-state index contributed by atoms with van der Waals surface area (Å²) in [7, 11) is 3.38. The minimum atomic E-state index is -0.753. The summed E-state index contributed by atoms with van der Waals surface area (Å²) in [6.45, 7) is -0.511. The van der Waals surface area contributed by atoms with E-state index in [2.05, 4.69) is 9.97 Å². The highest BCUT2D eigenvalue weighted by Gasteiger charge is 2.14. The number of non-ortho nitro benzene ring substituents is 1. The molecule has 3 aromatic rings. The van der Waals surface area contributed by atoms with Gasteiger partial charge in [0, 0.05) is 32.3 Å². The number of nitro benzene ring substituents is 1. The van der Waals surface area contributed by atoms with Crippen LogP contribution in [-0.4, -0.2) is 58.0 Å². The first-order valence-corrected chi connectivity index (χ1v) is 9.73. The minimum absolute atomic E-state index is 0.0607. The Kier molecular flexibility index (Phi) is 9.04. The number of aromatic nitrogens is 2. The highest BCUT2D eigenvalue weighted by Crippen LogP contribution is 2.19. The number of nitrogens with zero attached hydrogens (tertiary/aromatic N) is 4. The number of hydrogen-bond donors (Lipinski definition) is 2. The summed E-state index contributed by atoms with van der Waals surface area (Å²) >= 11 is 0. The highest BCUT2D eigenvalue weighted by molar-refractivity contribution is 5.87. The largest absolute Gasteiger partial charge is 0.507 e. The molecule has 1 amide bonds. The minimum Gasteiger partial charge on any atom is -0.507 e. The predicted molar refractivity (Wildman–Crippen MR) is 124 cm³/mol. The van der Waals surface area contributed by atoms with Crippen LogP contribution < -0.4 is 0 Å². The van der Waals surface area contributed by atoms with E-state index in [1.807, 2.05) is 6.07 Å². The fraction of sp³-hybridized carbons (Fsp3) is 0.130. The Hall–Kier alpha value is -4.98. The van der Waals surface area contributed by atoms with Crippen LogP contribution >= 0.6 is 0 Å². The third kappa shape index (κ3) is 7.31. The fourth-order valence-corrected chi connectivity index (χ4v) is 2.46. The number of nitriles is 1. The number of para-hydroxylation sites is 2. The molecule has 11 heteroatoms. The number of amides is 1. The number of carbonyl (C=O) groups excluding carboxylic acids is 2. The maximum atomic E-state index is 11.8. The van der Waals surface area contributed by atoms with Crippen molar-refractivity contribution >= 4 is 40.7 Å². The first-order valence-electron chi connectivity index (χ1n) is 9.73. The van der Waals surface area contributed by atoms with Crippen LogP contribution in [0.1, 0.15) is 11.4 Å². The average molecular weight is 463 g/mol. The molecule has 0 aliphatic rings. The number of imidazole rings is 1. The molecule has 2 N–H and O–H groups in total. The molecule has 1 aromatic heterocycles. The Morgan fingerprint density at radius 1 is 1.26 bits per heavy atom. The van der Waals surface area contributed by atoms with Gasteiger partial charge in [-0.15, -0.1) is 0 Å². The van der Waals surface area contributed by atoms with Gasteiger partial charge in [-0.3, -0.25) is 14.9 Å². The second-order valence-electron chi connectivity index (χ2n) is 6.89. The summed E-state index contributed by atoms with van der Waals surface area (Å²) in [5, 5.41) is 30.1. The monoisotopic (exact) mass is 463 g/mol. The Labute approximate surface area is 194 Å². The van der Waals surface area contributed by atoms with Gasteiger partial charge in [-0.1, -0.05) is 12.1 Å². The second-order valence-corrected chi connectivity index (χ2v) is 6.89. The summed E-state index contributed by atoms with van der Waals surface area (Å²) in [6.07, 6.45) is 3.28. The van der Waals surface area contributed by atoms with E-state index < -0.39 is 23.3 Å². The standard InChI is InChI=1S/C20H14N4O5.C3H7NO/c21-11-15(20-22-16-3-1-2-4-17(16)23-20)18(25)12-29-19(26)10-7-13-5-8-14(9-6-13)24(27)28;1-4(2)3-5/h1-10,25H,12H2,(H,22,23);3H,1-2H3/b10-7+,18-15-;. The van der Waals surface area contributed by atoms with Gasteiger partial charge in [-0.05, 0) is 35.9 Å². The number of aliphatic hydroxyl groups excluding tert-OH is 1. The van der Waals surface area contributed by atoms with Crippen molar-refractivity contribution in [1.82, 2.24) is 14.9 Å². The lowest BCUT2D eigenvalue weighted by atomic mass is 10.2. The number of H-pyrrole nitrogens is 1. The SMILES string of the molecule is CN(C)C=O.N#C/C(=C(/O)COC(=O)/C=C/c1ccc([N+](=O)[O-])cc1)c1nc2ccccc2[nH]1. The van der Waals surface area contributed by atoms with E-state index in [4.69, 9.17) is 4.74 Å². The molecule has 0 fully saturated rings. The fourth-order valence-electron chi connectivity index (χ4n) is 2.46. The Bertz CT molecular complexity index is 1240. The van der Waals surface area contributed by atoms with Crippen LogP contribution in [0.4, 0.5) is 5.69 Å². The number of benzene rings is 2. The molecule has 0 radical (unpaired) electrons. The number of rotatable bonds is 7. The van der Waals surface area contributed by atoms with E-state index in [9.17, 15) is 30.1 Å². The summed E-state index contributed by atoms with van der Waals surface area (Å²) in [6, 6.07) is 14.6. The van der Waals surface area contributed by atoms with Gasteiger partial charge in [0.1, 0.15) is 18.2 Å². The van der Waals surface area contributed by atoms with Gasteiger partial charge < -0.3 is 19.7 Å². The predicted octanol–water partition coefficient (Wildman–Crippen LogP) is 3.22. The zero-order chi connectivity index (χ0) is 25.1. The van der Waals surface area contributed by atoms with Crippen molar-refractivity contribution in [3.63, 3.8) is 0 Å². The van der Waals surface area contributed by atoms with Gasteiger partial charge in [0.25, 0.3) is 5.69 Å². The maximum absolute atomic E-state index is 11.8. The number of nitrogens with one attached hydrogen (secondary N) is 1. The normalized spacial score (nSPS) is 11.1. The van der Waals surface area contributed by atoms with Crippen LogP contribution in [0.5, 0.6) is 0 Å². The van der Waals surface area contributed by atoms with Crippen molar-refractivity contribution in [3.05, 3.63) is 81.9 Å². The lowest BCUT2D eigenvalue weighted by Gasteiger charge is -2.03. The van der Waals surface area contributed by atoms with Crippen molar-refractivity contribution in [2.75, 3.05) is 20.7 Å². The molecule has 0 spiro atoms. The van der Waals surface area contributed by atoms with Gasteiger partial charge in [0.2, 0.25) is 6.41 Å². The Morgan fingerprint density at radius 3 is 2.47 bits per heavy atom. The van der Waals surface area contributed by atoms with Crippen molar-refractivity contribution in [3.8, 4) is 6.07 Å². The maximum Gasteiger partial charge on any atom is 0.331 e. The first kappa shape index (κ1) is 25.3. The van der Waals surface area contributed by atoms with Crippen LogP contribution in [0.3, 0.4) is 0 Å². The molecular formula is C23H21N5O6. The zero-order valence-corrected chi connectivity index (χ0v) is 18.3. The van der Waals surface area contributed by atoms with E-state index >= 15 is 0 Å².